The SMILES string of the molecule is CCOc1ccc(-n2cnc3nc(N4CCC(C)CC4)[nH]c(=O)c3c2=S)cc1. The summed E-state index contributed by atoms with van der Waals surface area (Å²) < 4.78 is 7.58. The molecular formula is C20H23N5O2S. The third kappa shape index (κ3) is 3.52. The molecule has 0 radical (unpaired) electrons. The zero-order valence-electron chi connectivity index (χ0n) is 16.0. The molecule has 0 aliphatic carbocycles. The number of nitrogens with one attached hydrogen (secondary N) is 1. The number of hydrogen-bond donors (Lipinski definition) is 1. The molecule has 3 aromatic rings. The highest BCUT2D eigenvalue weighted by molar-refractivity contribution is 7.71. The summed E-state index contributed by atoms with van der Waals surface area (Å²) in [6, 6.07) is 7.51. The first-order chi connectivity index (χ1) is 13.6. The lowest BCUT2D eigenvalue weighted by Crippen LogP contribution is -2.35. The standard InChI is InChI=1S/C20H23N5O2S/c1-3-27-15-6-4-14(5-7-15)25-12-21-17-16(19(25)28)18(26)23-20(22-17)24-10-8-13(2)9-11-24/h4-7,12-13H,3,8-11H2,1-2H3,(H,22,23,26). The van der Waals surface area contributed by atoms with Gasteiger partial charge in [-0.3, -0.25) is 14.3 Å². The summed E-state index contributed by atoms with van der Waals surface area (Å²) in [4.78, 5) is 26.8. The van der Waals surface area contributed by atoms with E-state index in [0.29, 0.717) is 34.1 Å². The number of rotatable bonds is 4. The predicted octanol–water partition coefficient (Wildman–Crippen LogP) is 3.47. The van der Waals surface area contributed by atoms with Crippen LogP contribution in [0, 0.1) is 10.6 Å². The van der Waals surface area contributed by atoms with E-state index in [9.17, 15) is 4.79 Å². The monoisotopic (exact) mass is 397 g/mol. The van der Waals surface area contributed by atoms with Gasteiger partial charge in [0.25, 0.3) is 5.56 Å². The van der Waals surface area contributed by atoms with Crippen LogP contribution in [-0.4, -0.2) is 39.2 Å². The lowest BCUT2D eigenvalue weighted by Gasteiger charge is -2.30. The number of ether oxygens (including phenoxy) is 1. The largest absolute Gasteiger partial charge is 0.494 e. The van der Waals surface area contributed by atoms with Gasteiger partial charge < -0.3 is 9.64 Å². The van der Waals surface area contributed by atoms with Gasteiger partial charge >= 0.3 is 0 Å². The van der Waals surface area contributed by atoms with E-state index in [4.69, 9.17) is 17.0 Å². The van der Waals surface area contributed by atoms with Crippen LogP contribution >= 0.6 is 12.2 Å². The lowest BCUT2D eigenvalue weighted by atomic mass is 10.00. The molecule has 28 heavy (non-hydrogen) atoms. The molecule has 0 bridgehead atoms. The van der Waals surface area contributed by atoms with E-state index in [1.165, 1.54) is 0 Å². The van der Waals surface area contributed by atoms with Crippen LogP contribution < -0.4 is 15.2 Å². The quantitative estimate of drug-likeness (QED) is 0.680. The Morgan fingerprint density at radius 2 is 1.96 bits per heavy atom. The number of benzene rings is 1. The maximum absolute atomic E-state index is 12.8. The van der Waals surface area contributed by atoms with Crippen molar-refractivity contribution in [2.45, 2.75) is 26.7 Å². The van der Waals surface area contributed by atoms with E-state index < -0.39 is 0 Å². The smallest absolute Gasteiger partial charge is 0.264 e. The third-order valence-electron chi connectivity index (χ3n) is 5.13. The van der Waals surface area contributed by atoms with Crippen LogP contribution in [-0.2, 0) is 0 Å². The topological polar surface area (TPSA) is 76.0 Å². The van der Waals surface area contributed by atoms with Crippen LogP contribution in [0.3, 0.4) is 0 Å². The van der Waals surface area contributed by atoms with Crippen molar-refractivity contribution in [2.75, 3.05) is 24.6 Å². The predicted molar refractivity (Wildman–Crippen MR) is 112 cm³/mol. The fraction of sp³-hybridized carbons (Fsp3) is 0.400. The highest BCUT2D eigenvalue weighted by atomic mass is 32.1. The molecule has 0 unspecified atom stereocenters. The second-order valence-corrected chi connectivity index (χ2v) is 7.49. The Kier molecular flexibility index (Phi) is 5.13. The average molecular weight is 398 g/mol. The maximum Gasteiger partial charge on any atom is 0.264 e. The van der Waals surface area contributed by atoms with Gasteiger partial charge in [-0.05, 0) is 49.9 Å². The molecular weight excluding hydrogens is 374 g/mol. The van der Waals surface area contributed by atoms with Gasteiger partial charge in [-0.25, -0.2) is 4.98 Å². The summed E-state index contributed by atoms with van der Waals surface area (Å²) in [7, 11) is 0. The minimum Gasteiger partial charge on any atom is -0.494 e. The zero-order chi connectivity index (χ0) is 19.7. The number of aromatic nitrogens is 4. The van der Waals surface area contributed by atoms with E-state index in [1.54, 1.807) is 10.9 Å². The van der Waals surface area contributed by atoms with Crippen molar-refractivity contribution >= 4 is 29.2 Å². The fourth-order valence-electron chi connectivity index (χ4n) is 3.44. The molecule has 3 heterocycles. The summed E-state index contributed by atoms with van der Waals surface area (Å²) in [6.07, 6.45) is 3.80. The van der Waals surface area contributed by atoms with Gasteiger partial charge in [-0.15, -0.1) is 0 Å². The van der Waals surface area contributed by atoms with Crippen molar-refractivity contribution in [2.24, 2.45) is 5.92 Å². The lowest BCUT2D eigenvalue weighted by molar-refractivity contribution is 0.340. The molecule has 7 nitrogen and oxygen atoms in total. The van der Waals surface area contributed by atoms with E-state index in [-0.39, 0.29) is 5.56 Å². The van der Waals surface area contributed by atoms with Gasteiger partial charge in [0.2, 0.25) is 5.95 Å². The molecule has 1 saturated heterocycles. The van der Waals surface area contributed by atoms with Crippen molar-refractivity contribution in [1.29, 1.82) is 0 Å². The Morgan fingerprint density at radius 1 is 1.25 bits per heavy atom. The first-order valence-corrected chi connectivity index (χ1v) is 9.97. The molecule has 0 atom stereocenters. The molecule has 1 aromatic carbocycles. The first-order valence-electron chi connectivity index (χ1n) is 9.56. The number of nitrogens with zero attached hydrogens (tertiary/aromatic N) is 4. The van der Waals surface area contributed by atoms with Crippen LogP contribution in [0.15, 0.2) is 35.4 Å². The zero-order valence-corrected chi connectivity index (χ0v) is 16.8. The van der Waals surface area contributed by atoms with Crippen LogP contribution in [0.4, 0.5) is 5.95 Å². The highest BCUT2D eigenvalue weighted by Gasteiger charge is 2.19. The summed E-state index contributed by atoms with van der Waals surface area (Å²) in [5, 5.41) is 0.334. The summed E-state index contributed by atoms with van der Waals surface area (Å²) in [5.41, 5.74) is 0.942. The van der Waals surface area contributed by atoms with Gasteiger partial charge in [-0.1, -0.05) is 19.1 Å². The molecule has 4 rings (SSSR count). The number of anilines is 1. The number of hydrogen-bond acceptors (Lipinski definition) is 6. The summed E-state index contributed by atoms with van der Waals surface area (Å²) in [5.74, 6) is 2.06. The third-order valence-corrected chi connectivity index (χ3v) is 5.53. The first kappa shape index (κ1) is 18.6. The van der Waals surface area contributed by atoms with E-state index in [0.717, 1.165) is 37.4 Å². The van der Waals surface area contributed by atoms with Crippen LogP contribution in [0.2, 0.25) is 0 Å². The number of fused-ring (bicyclic) bond motifs is 1. The minimum absolute atomic E-state index is 0.253. The molecule has 2 aromatic heterocycles. The molecule has 0 saturated carbocycles. The maximum atomic E-state index is 12.8. The van der Waals surface area contributed by atoms with Crippen molar-refractivity contribution < 1.29 is 4.74 Å². The van der Waals surface area contributed by atoms with Gasteiger partial charge in [0.15, 0.2) is 5.65 Å². The Hall–Kier alpha value is -2.74. The molecule has 0 spiro atoms. The van der Waals surface area contributed by atoms with E-state index >= 15 is 0 Å². The van der Waals surface area contributed by atoms with Crippen LogP contribution in [0.25, 0.3) is 16.7 Å². The Morgan fingerprint density at radius 3 is 2.64 bits per heavy atom. The van der Waals surface area contributed by atoms with E-state index in [1.807, 2.05) is 31.2 Å². The average Bonchev–Trinajstić information content (AvgIpc) is 2.69. The van der Waals surface area contributed by atoms with Crippen molar-refractivity contribution in [3.63, 3.8) is 0 Å². The van der Waals surface area contributed by atoms with Gasteiger partial charge in [-0.2, -0.15) is 4.98 Å². The summed E-state index contributed by atoms with van der Waals surface area (Å²) >= 11 is 5.58. The minimum atomic E-state index is -0.253. The highest BCUT2D eigenvalue weighted by Crippen LogP contribution is 2.21. The van der Waals surface area contributed by atoms with Gasteiger partial charge in [0, 0.05) is 18.8 Å². The van der Waals surface area contributed by atoms with Crippen LogP contribution in [0.5, 0.6) is 5.75 Å². The molecule has 146 valence electrons. The number of piperidine rings is 1. The Bertz CT molecular complexity index is 1100. The van der Waals surface area contributed by atoms with Crippen molar-refractivity contribution in [3.05, 3.63) is 45.6 Å². The van der Waals surface area contributed by atoms with Crippen molar-refractivity contribution in [1.82, 2.24) is 19.5 Å². The second-order valence-electron chi connectivity index (χ2n) is 7.10. The van der Waals surface area contributed by atoms with Gasteiger partial charge in [0.05, 0.1) is 6.61 Å². The summed E-state index contributed by atoms with van der Waals surface area (Å²) in [6.45, 7) is 6.56. The van der Waals surface area contributed by atoms with Gasteiger partial charge in [0.1, 0.15) is 22.1 Å². The number of H-pyrrole nitrogens is 1. The molecule has 1 aliphatic rings. The molecule has 8 heteroatoms. The number of aromatic amines is 1. The fourth-order valence-corrected chi connectivity index (χ4v) is 3.78. The second kappa shape index (κ2) is 7.71. The molecule has 1 N–H and O–H groups in total. The molecule has 0 amide bonds. The molecule has 1 fully saturated rings. The van der Waals surface area contributed by atoms with Crippen LogP contribution in [0.1, 0.15) is 26.7 Å². The van der Waals surface area contributed by atoms with E-state index in [2.05, 4.69) is 26.8 Å². The van der Waals surface area contributed by atoms with Crippen molar-refractivity contribution in [3.8, 4) is 11.4 Å². The Balaban J connectivity index is 1.73. The molecule has 1 aliphatic heterocycles. The normalized spacial score (nSPS) is 15.1. The Labute approximate surface area is 168 Å².